The molecule has 20 heavy (non-hydrogen) atoms. The standard InChI is InChI=1S/C14H22N4O2/c1-16-14(19)8-13(9-15-16)18-5-3-17(4-6-18)10-12-2-7-20-11-12/h8-9,12H,2-7,10-11H2,1H3/t12-/m1/s1. The number of piperazine rings is 1. The maximum absolute atomic E-state index is 11.6. The predicted octanol–water partition coefficient (Wildman–Crippen LogP) is -0.0612. The lowest BCUT2D eigenvalue weighted by Crippen LogP contribution is -2.48. The molecule has 0 N–H and O–H groups in total. The highest BCUT2D eigenvalue weighted by molar-refractivity contribution is 5.43. The lowest BCUT2D eigenvalue weighted by molar-refractivity contribution is 0.164. The highest BCUT2D eigenvalue weighted by atomic mass is 16.5. The van der Waals surface area contributed by atoms with E-state index in [9.17, 15) is 4.79 Å². The number of rotatable bonds is 3. The molecule has 0 aliphatic carbocycles. The molecule has 1 atom stereocenters. The lowest BCUT2D eigenvalue weighted by atomic mass is 10.1. The Bertz CT molecular complexity index is 502. The SMILES string of the molecule is Cn1ncc(N2CCN(C[C@H]3CCOC3)CC2)cc1=O. The van der Waals surface area contributed by atoms with Gasteiger partial charge in [0, 0.05) is 52.4 Å². The number of aryl methyl sites for hydroxylation is 1. The van der Waals surface area contributed by atoms with Gasteiger partial charge in [-0.25, -0.2) is 4.68 Å². The molecule has 1 aromatic heterocycles. The van der Waals surface area contributed by atoms with Crippen LogP contribution in [0, 0.1) is 5.92 Å². The first-order valence-electron chi connectivity index (χ1n) is 7.31. The molecular weight excluding hydrogens is 256 g/mol. The molecule has 2 aliphatic heterocycles. The van der Waals surface area contributed by atoms with E-state index in [0.717, 1.165) is 51.6 Å². The first-order valence-corrected chi connectivity index (χ1v) is 7.31. The van der Waals surface area contributed by atoms with Crippen LogP contribution in [-0.4, -0.2) is 60.6 Å². The minimum atomic E-state index is -0.0481. The first-order chi connectivity index (χ1) is 9.72. The van der Waals surface area contributed by atoms with Crippen LogP contribution in [-0.2, 0) is 11.8 Å². The molecule has 2 saturated heterocycles. The molecule has 6 nitrogen and oxygen atoms in total. The average molecular weight is 278 g/mol. The molecule has 2 aliphatic rings. The third-order valence-electron chi connectivity index (χ3n) is 4.23. The fourth-order valence-corrected chi connectivity index (χ4v) is 2.91. The fourth-order valence-electron chi connectivity index (χ4n) is 2.91. The van der Waals surface area contributed by atoms with Crippen LogP contribution >= 0.6 is 0 Å². The molecule has 6 heteroatoms. The highest BCUT2D eigenvalue weighted by Crippen LogP contribution is 2.17. The van der Waals surface area contributed by atoms with Crippen molar-refractivity contribution in [1.29, 1.82) is 0 Å². The van der Waals surface area contributed by atoms with Gasteiger partial charge in [0.15, 0.2) is 0 Å². The Hall–Kier alpha value is -1.40. The van der Waals surface area contributed by atoms with Crippen molar-refractivity contribution in [2.75, 3.05) is 50.8 Å². The number of ether oxygens (including phenoxy) is 1. The minimum Gasteiger partial charge on any atom is -0.381 e. The van der Waals surface area contributed by atoms with Crippen LogP contribution in [0.3, 0.4) is 0 Å². The molecule has 3 rings (SSSR count). The van der Waals surface area contributed by atoms with E-state index in [2.05, 4.69) is 14.9 Å². The predicted molar refractivity (Wildman–Crippen MR) is 77.1 cm³/mol. The van der Waals surface area contributed by atoms with Crippen molar-refractivity contribution in [2.45, 2.75) is 6.42 Å². The normalized spacial score (nSPS) is 24.2. The third kappa shape index (κ3) is 3.02. The molecule has 0 radical (unpaired) electrons. The van der Waals surface area contributed by atoms with Crippen LogP contribution in [0.2, 0.25) is 0 Å². The molecule has 0 unspecified atom stereocenters. The smallest absolute Gasteiger partial charge is 0.268 e. The second kappa shape index (κ2) is 5.93. The zero-order valence-corrected chi connectivity index (χ0v) is 12.0. The quantitative estimate of drug-likeness (QED) is 0.775. The van der Waals surface area contributed by atoms with Gasteiger partial charge in [-0.1, -0.05) is 0 Å². The molecule has 0 spiro atoms. The van der Waals surface area contributed by atoms with Gasteiger partial charge in [0.25, 0.3) is 5.56 Å². The van der Waals surface area contributed by atoms with E-state index >= 15 is 0 Å². The maximum Gasteiger partial charge on any atom is 0.268 e. The molecule has 0 aromatic carbocycles. The summed E-state index contributed by atoms with van der Waals surface area (Å²) in [7, 11) is 1.67. The van der Waals surface area contributed by atoms with Gasteiger partial charge in [-0.3, -0.25) is 9.69 Å². The van der Waals surface area contributed by atoms with Crippen LogP contribution in [0.4, 0.5) is 5.69 Å². The average Bonchev–Trinajstić information content (AvgIpc) is 2.96. The summed E-state index contributed by atoms with van der Waals surface area (Å²) >= 11 is 0. The van der Waals surface area contributed by atoms with E-state index in [4.69, 9.17) is 4.74 Å². The Labute approximate surface area is 118 Å². The monoisotopic (exact) mass is 278 g/mol. The second-order valence-electron chi connectivity index (χ2n) is 5.69. The van der Waals surface area contributed by atoms with Gasteiger partial charge >= 0.3 is 0 Å². The Morgan fingerprint density at radius 3 is 2.80 bits per heavy atom. The topological polar surface area (TPSA) is 50.6 Å². The van der Waals surface area contributed by atoms with Crippen molar-refractivity contribution in [2.24, 2.45) is 13.0 Å². The van der Waals surface area contributed by atoms with Gasteiger partial charge in [0.05, 0.1) is 18.5 Å². The Kier molecular flexibility index (Phi) is 4.03. The summed E-state index contributed by atoms with van der Waals surface area (Å²) in [6.45, 7) is 6.99. The van der Waals surface area contributed by atoms with Gasteiger partial charge in [-0.05, 0) is 12.3 Å². The zero-order valence-electron chi connectivity index (χ0n) is 12.0. The lowest BCUT2D eigenvalue weighted by Gasteiger charge is -2.36. The summed E-state index contributed by atoms with van der Waals surface area (Å²) in [6, 6.07) is 1.67. The minimum absolute atomic E-state index is 0.0481. The summed E-state index contributed by atoms with van der Waals surface area (Å²) in [6.07, 6.45) is 2.97. The molecule has 110 valence electrons. The summed E-state index contributed by atoms with van der Waals surface area (Å²) in [5.74, 6) is 0.701. The van der Waals surface area contributed by atoms with Gasteiger partial charge in [0.1, 0.15) is 0 Å². The van der Waals surface area contributed by atoms with E-state index in [1.807, 2.05) is 0 Å². The van der Waals surface area contributed by atoms with Gasteiger partial charge in [-0.15, -0.1) is 0 Å². The van der Waals surface area contributed by atoms with Crippen molar-refractivity contribution >= 4 is 5.69 Å². The number of aromatic nitrogens is 2. The van der Waals surface area contributed by atoms with E-state index in [0.29, 0.717) is 5.92 Å². The summed E-state index contributed by atoms with van der Waals surface area (Å²) in [5.41, 5.74) is 0.894. The number of anilines is 1. The van der Waals surface area contributed by atoms with E-state index in [-0.39, 0.29) is 5.56 Å². The summed E-state index contributed by atoms with van der Waals surface area (Å²) < 4.78 is 6.79. The van der Waals surface area contributed by atoms with Crippen LogP contribution in [0.1, 0.15) is 6.42 Å². The van der Waals surface area contributed by atoms with Gasteiger partial charge < -0.3 is 9.64 Å². The largest absolute Gasteiger partial charge is 0.381 e. The number of hydrogen-bond acceptors (Lipinski definition) is 5. The van der Waals surface area contributed by atoms with Gasteiger partial charge in [0.2, 0.25) is 0 Å². The molecule has 1 aromatic rings. The van der Waals surface area contributed by atoms with Crippen molar-refractivity contribution in [3.63, 3.8) is 0 Å². The summed E-state index contributed by atoms with van der Waals surface area (Å²) in [4.78, 5) is 16.4. The van der Waals surface area contributed by atoms with Crippen molar-refractivity contribution in [1.82, 2.24) is 14.7 Å². The van der Waals surface area contributed by atoms with Crippen molar-refractivity contribution < 1.29 is 4.74 Å². The molecule has 0 saturated carbocycles. The number of hydrogen-bond donors (Lipinski definition) is 0. The molecule has 0 bridgehead atoms. The van der Waals surface area contributed by atoms with E-state index < -0.39 is 0 Å². The zero-order chi connectivity index (χ0) is 13.9. The van der Waals surface area contributed by atoms with Crippen molar-refractivity contribution in [3.05, 3.63) is 22.6 Å². The molecule has 3 heterocycles. The Morgan fingerprint density at radius 1 is 1.35 bits per heavy atom. The molecule has 2 fully saturated rings. The van der Waals surface area contributed by atoms with Crippen LogP contribution in [0.5, 0.6) is 0 Å². The second-order valence-corrected chi connectivity index (χ2v) is 5.69. The number of nitrogens with zero attached hydrogens (tertiary/aromatic N) is 4. The molecule has 0 amide bonds. The van der Waals surface area contributed by atoms with Gasteiger partial charge in [-0.2, -0.15) is 5.10 Å². The highest BCUT2D eigenvalue weighted by Gasteiger charge is 2.23. The van der Waals surface area contributed by atoms with Crippen LogP contribution in [0.25, 0.3) is 0 Å². The summed E-state index contributed by atoms with van der Waals surface area (Å²) in [5, 5.41) is 4.09. The van der Waals surface area contributed by atoms with Crippen molar-refractivity contribution in [3.8, 4) is 0 Å². The van der Waals surface area contributed by atoms with E-state index in [1.165, 1.54) is 11.1 Å². The maximum atomic E-state index is 11.6. The first kappa shape index (κ1) is 13.6. The van der Waals surface area contributed by atoms with E-state index in [1.54, 1.807) is 19.3 Å². The van der Waals surface area contributed by atoms with Crippen LogP contribution in [0.15, 0.2) is 17.1 Å². The Morgan fingerprint density at radius 2 is 2.15 bits per heavy atom. The molecular formula is C14H22N4O2. The third-order valence-corrected chi connectivity index (χ3v) is 4.23. The Balaban J connectivity index is 1.54. The fraction of sp³-hybridized carbons (Fsp3) is 0.714. The van der Waals surface area contributed by atoms with Crippen LogP contribution < -0.4 is 10.5 Å².